The lowest BCUT2D eigenvalue weighted by Crippen LogP contribution is -2.27. The molecule has 0 aromatic rings. The van der Waals surface area contributed by atoms with Crippen molar-refractivity contribution in [3.63, 3.8) is 0 Å². The molecule has 0 spiro atoms. The maximum atomic E-state index is 11.8. The third-order valence-electron chi connectivity index (χ3n) is 3.87. The van der Waals surface area contributed by atoms with Gasteiger partial charge in [0, 0.05) is 5.41 Å². The van der Waals surface area contributed by atoms with Crippen molar-refractivity contribution in [2.24, 2.45) is 10.8 Å². The Bertz CT molecular complexity index is 227. The molecule has 0 aromatic heterocycles. The van der Waals surface area contributed by atoms with Crippen molar-refractivity contribution in [2.75, 3.05) is 0 Å². The molecule has 0 bridgehead atoms. The third kappa shape index (κ3) is 4.19. The summed E-state index contributed by atoms with van der Waals surface area (Å²) < 4.78 is 0. The van der Waals surface area contributed by atoms with Crippen LogP contribution >= 0.6 is 0 Å². The number of ketones is 1. The van der Waals surface area contributed by atoms with Crippen LogP contribution in [0.1, 0.15) is 60.3 Å². The summed E-state index contributed by atoms with van der Waals surface area (Å²) in [6.45, 7) is 14.5. The van der Waals surface area contributed by atoms with E-state index in [0.717, 1.165) is 25.7 Å². The van der Waals surface area contributed by atoms with E-state index in [1.54, 1.807) is 0 Å². The van der Waals surface area contributed by atoms with E-state index in [1.165, 1.54) is 6.08 Å². The lowest BCUT2D eigenvalue weighted by atomic mass is 9.73. The van der Waals surface area contributed by atoms with Crippen molar-refractivity contribution in [1.82, 2.24) is 0 Å². The minimum Gasteiger partial charge on any atom is -0.294 e. The zero-order valence-corrected chi connectivity index (χ0v) is 11.0. The van der Waals surface area contributed by atoms with Crippen LogP contribution in [0.15, 0.2) is 12.7 Å². The SMILES string of the molecule is C=CC(=O)C(C)(CC)CCC(C)(C)CC. The highest BCUT2D eigenvalue weighted by molar-refractivity contribution is 5.93. The first-order chi connectivity index (χ1) is 6.81. The van der Waals surface area contributed by atoms with Gasteiger partial charge < -0.3 is 0 Å². The van der Waals surface area contributed by atoms with Gasteiger partial charge in [0.05, 0.1) is 0 Å². The highest BCUT2D eigenvalue weighted by Gasteiger charge is 2.30. The van der Waals surface area contributed by atoms with Crippen molar-refractivity contribution in [3.05, 3.63) is 12.7 Å². The summed E-state index contributed by atoms with van der Waals surface area (Å²) >= 11 is 0. The van der Waals surface area contributed by atoms with E-state index >= 15 is 0 Å². The highest BCUT2D eigenvalue weighted by atomic mass is 16.1. The largest absolute Gasteiger partial charge is 0.294 e. The fourth-order valence-electron chi connectivity index (χ4n) is 1.51. The minimum atomic E-state index is -0.200. The van der Waals surface area contributed by atoms with Crippen LogP contribution in [0.25, 0.3) is 0 Å². The van der Waals surface area contributed by atoms with Gasteiger partial charge >= 0.3 is 0 Å². The zero-order chi connectivity index (χ0) is 12.1. The number of hydrogen-bond acceptors (Lipinski definition) is 1. The van der Waals surface area contributed by atoms with E-state index in [0.29, 0.717) is 5.41 Å². The van der Waals surface area contributed by atoms with Crippen LogP contribution in [0.4, 0.5) is 0 Å². The maximum Gasteiger partial charge on any atom is 0.160 e. The number of hydrogen-bond donors (Lipinski definition) is 0. The summed E-state index contributed by atoms with van der Waals surface area (Å²) in [5.41, 5.74) is 0.145. The first kappa shape index (κ1) is 14.4. The van der Waals surface area contributed by atoms with Crippen LogP contribution in [0.5, 0.6) is 0 Å². The van der Waals surface area contributed by atoms with E-state index in [9.17, 15) is 4.79 Å². The Labute approximate surface area is 95.0 Å². The second kappa shape index (κ2) is 5.48. The van der Waals surface area contributed by atoms with Gasteiger partial charge in [-0.05, 0) is 30.8 Å². The van der Waals surface area contributed by atoms with Gasteiger partial charge in [-0.15, -0.1) is 0 Å². The van der Waals surface area contributed by atoms with Crippen molar-refractivity contribution in [1.29, 1.82) is 0 Å². The smallest absolute Gasteiger partial charge is 0.160 e. The average Bonchev–Trinajstić information content (AvgIpc) is 2.24. The molecule has 0 N–H and O–H groups in total. The van der Waals surface area contributed by atoms with Gasteiger partial charge in [0.2, 0.25) is 0 Å². The molecule has 0 saturated carbocycles. The van der Waals surface area contributed by atoms with E-state index in [1.807, 2.05) is 0 Å². The van der Waals surface area contributed by atoms with Crippen molar-refractivity contribution in [2.45, 2.75) is 60.3 Å². The summed E-state index contributed by atoms with van der Waals surface area (Å²) in [7, 11) is 0. The van der Waals surface area contributed by atoms with E-state index in [4.69, 9.17) is 0 Å². The molecule has 1 nitrogen and oxygen atoms in total. The fraction of sp³-hybridized carbons (Fsp3) is 0.786. The van der Waals surface area contributed by atoms with Gasteiger partial charge in [0.25, 0.3) is 0 Å². The molecule has 0 fully saturated rings. The Morgan fingerprint density at radius 3 is 2.00 bits per heavy atom. The molecule has 0 aliphatic carbocycles. The summed E-state index contributed by atoms with van der Waals surface area (Å²) in [6.07, 6.45) is 5.61. The van der Waals surface area contributed by atoms with Gasteiger partial charge in [-0.25, -0.2) is 0 Å². The predicted octanol–water partition coefficient (Wildman–Crippen LogP) is 4.37. The Morgan fingerprint density at radius 1 is 1.13 bits per heavy atom. The number of carbonyl (C=O) groups excluding carboxylic acids is 1. The molecule has 1 heteroatoms. The van der Waals surface area contributed by atoms with Gasteiger partial charge in [0.1, 0.15) is 0 Å². The molecule has 0 heterocycles. The zero-order valence-electron chi connectivity index (χ0n) is 11.0. The minimum absolute atomic E-state index is 0.192. The van der Waals surface area contributed by atoms with Gasteiger partial charge in [-0.2, -0.15) is 0 Å². The van der Waals surface area contributed by atoms with Crippen molar-refractivity contribution >= 4 is 5.78 Å². The maximum absolute atomic E-state index is 11.8. The molecule has 0 rings (SSSR count). The van der Waals surface area contributed by atoms with E-state index in [-0.39, 0.29) is 11.2 Å². The standard InChI is InChI=1S/C14H26O/c1-7-12(15)14(6,9-3)11-10-13(4,5)8-2/h7H,1,8-11H2,2-6H3. The molecule has 1 unspecified atom stereocenters. The van der Waals surface area contributed by atoms with Crippen molar-refractivity contribution < 1.29 is 4.79 Å². The van der Waals surface area contributed by atoms with E-state index < -0.39 is 0 Å². The molecular formula is C14H26O. The highest BCUT2D eigenvalue weighted by Crippen LogP contribution is 2.36. The number of rotatable bonds is 7. The second-order valence-corrected chi connectivity index (χ2v) is 5.50. The normalized spacial score (nSPS) is 15.8. The predicted molar refractivity (Wildman–Crippen MR) is 66.9 cm³/mol. The molecule has 0 amide bonds. The number of allylic oxidation sites excluding steroid dienone is 1. The van der Waals surface area contributed by atoms with Crippen LogP contribution in [0.2, 0.25) is 0 Å². The van der Waals surface area contributed by atoms with Gasteiger partial charge in [-0.1, -0.05) is 47.6 Å². The Hall–Kier alpha value is -0.590. The van der Waals surface area contributed by atoms with E-state index in [2.05, 4.69) is 41.2 Å². The summed E-state index contributed by atoms with van der Waals surface area (Å²) in [5.74, 6) is 0.192. The van der Waals surface area contributed by atoms with Crippen LogP contribution in [0, 0.1) is 10.8 Å². The second-order valence-electron chi connectivity index (χ2n) is 5.50. The molecular weight excluding hydrogens is 184 g/mol. The van der Waals surface area contributed by atoms with Crippen LogP contribution in [0.3, 0.4) is 0 Å². The topological polar surface area (TPSA) is 17.1 Å². The van der Waals surface area contributed by atoms with Crippen LogP contribution < -0.4 is 0 Å². The molecule has 0 radical (unpaired) electrons. The Morgan fingerprint density at radius 2 is 1.67 bits per heavy atom. The molecule has 0 saturated heterocycles. The Kier molecular flexibility index (Phi) is 5.27. The number of carbonyl (C=O) groups is 1. The summed E-state index contributed by atoms with van der Waals surface area (Å²) in [6, 6.07) is 0. The molecule has 0 aromatic carbocycles. The first-order valence-corrected chi connectivity index (χ1v) is 5.98. The molecule has 15 heavy (non-hydrogen) atoms. The van der Waals surface area contributed by atoms with Crippen molar-refractivity contribution in [3.8, 4) is 0 Å². The monoisotopic (exact) mass is 210 g/mol. The lowest BCUT2D eigenvalue weighted by Gasteiger charge is -2.30. The van der Waals surface area contributed by atoms with Crippen LogP contribution in [-0.4, -0.2) is 5.78 Å². The summed E-state index contributed by atoms with van der Waals surface area (Å²) in [4.78, 5) is 11.8. The van der Waals surface area contributed by atoms with Crippen LogP contribution in [-0.2, 0) is 4.79 Å². The first-order valence-electron chi connectivity index (χ1n) is 5.98. The van der Waals surface area contributed by atoms with Gasteiger partial charge in [-0.3, -0.25) is 4.79 Å². The Balaban J connectivity index is 4.46. The average molecular weight is 210 g/mol. The summed E-state index contributed by atoms with van der Waals surface area (Å²) in [5, 5.41) is 0. The quantitative estimate of drug-likeness (QED) is 0.570. The molecule has 0 aliphatic rings. The molecule has 1 atom stereocenters. The third-order valence-corrected chi connectivity index (χ3v) is 3.87. The molecule has 0 aliphatic heterocycles. The fourth-order valence-corrected chi connectivity index (χ4v) is 1.51. The van der Waals surface area contributed by atoms with Gasteiger partial charge in [0.15, 0.2) is 5.78 Å². The molecule has 88 valence electrons. The lowest BCUT2D eigenvalue weighted by molar-refractivity contribution is -0.123.